The lowest BCUT2D eigenvalue weighted by atomic mass is 10.2. The van der Waals surface area contributed by atoms with Crippen molar-refractivity contribution in [2.24, 2.45) is 0 Å². The molecule has 3 aromatic rings. The summed E-state index contributed by atoms with van der Waals surface area (Å²) in [4.78, 5) is 4.35. The van der Waals surface area contributed by atoms with Gasteiger partial charge in [0.2, 0.25) is 5.16 Å². The van der Waals surface area contributed by atoms with Crippen LogP contribution in [0.5, 0.6) is 0 Å². The number of nitrogens with one attached hydrogen (secondary N) is 1. The van der Waals surface area contributed by atoms with E-state index in [-0.39, 0.29) is 0 Å². The summed E-state index contributed by atoms with van der Waals surface area (Å²) in [5, 5.41) is 8.88. The molecule has 1 N–H and O–H groups in total. The lowest BCUT2D eigenvalue weighted by molar-refractivity contribution is 0.577. The number of nitrogens with zero attached hydrogens (tertiary/aromatic N) is 2. The smallest absolute Gasteiger partial charge is 0.209 e. The molecule has 1 aromatic carbocycles. The number of furan rings is 1. The first-order valence-corrected chi connectivity index (χ1v) is 7.49. The molecule has 3 rings (SSSR count). The number of halogens is 2. The van der Waals surface area contributed by atoms with Crippen LogP contribution in [-0.2, 0) is 5.75 Å². The Balaban J connectivity index is 1.70. The molecule has 7 heteroatoms. The molecule has 0 aliphatic heterocycles. The molecule has 0 spiro atoms. The van der Waals surface area contributed by atoms with E-state index in [4.69, 9.17) is 27.6 Å². The third kappa shape index (κ3) is 3.00. The molecule has 0 bridgehead atoms. The molecular weight excluding hydrogens is 317 g/mol. The van der Waals surface area contributed by atoms with Crippen molar-refractivity contribution in [3.63, 3.8) is 0 Å². The summed E-state index contributed by atoms with van der Waals surface area (Å²) in [6.45, 7) is 0. The highest BCUT2D eigenvalue weighted by molar-refractivity contribution is 7.98. The number of hydrogen-bond donors (Lipinski definition) is 1. The number of thioether (sulfide) groups is 1. The number of aromatic amines is 1. The van der Waals surface area contributed by atoms with Gasteiger partial charge in [0, 0.05) is 15.8 Å². The predicted octanol–water partition coefficient (Wildman–Crippen LogP) is 4.66. The Morgan fingerprint density at radius 2 is 2.15 bits per heavy atom. The van der Waals surface area contributed by atoms with Gasteiger partial charge in [0.1, 0.15) is 0 Å². The van der Waals surface area contributed by atoms with Gasteiger partial charge in [-0.15, -0.1) is 5.10 Å². The molecule has 0 unspecified atom stereocenters. The van der Waals surface area contributed by atoms with Crippen LogP contribution in [0, 0.1) is 0 Å². The zero-order valence-electron chi connectivity index (χ0n) is 10.1. The van der Waals surface area contributed by atoms with Crippen molar-refractivity contribution in [2.75, 3.05) is 0 Å². The lowest BCUT2D eigenvalue weighted by Crippen LogP contribution is -1.84. The summed E-state index contributed by atoms with van der Waals surface area (Å²) >= 11 is 13.5. The number of hydrogen-bond acceptors (Lipinski definition) is 4. The van der Waals surface area contributed by atoms with Gasteiger partial charge in [0.05, 0.1) is 6.26 Å². The van der Waals surface area contributed by atoms with Crippen LogP contribution in [0.1, 0.15) is 5.56 Å². The molecule has 2 heterocycles. The van der Waals surface area contributed by atoms with Gasteiger partial charge in [-0.25, -0.2) is 0 Å². The monoisotopic (exact) mass is 325 g/mol. The maximum Gasteiger partial charge on any atom is 0.209 e. The zero-order chi connectivity index (χ0) is 13.9. The third-order valence-electron chi connectivity index (χ3n) is 2.59. The lowest BCUT2D eigenvalue weighted by Gasteiger charge is -2.02. The molecule has 0 fully saturated rings. The molecule has 0 amide bonds. The van der Waals surface area contributed by atoms with Crippen LogP contribution in [-0.4, -0.2) is 15.2 Å². The zero-order valence-corrected chi connectivity index (χ0v) is 12.5. The van der Waals surface area contributed by atoms with Crippen molar-refractivity contribution in [1.82, 2.24) is 15.2 Å². The van der Waals surface area contributed by atoms with Crippen molar-refractivity contribution in [3.8, 4) is 11.6 Å². The molecule has 102 valence electrons. The Labute approximate surface area is 129 Å². The highest BCUT2D eigenvalue weighted by atomic mass is 35.5. The highest BCUT2D eigenvalue weighted by Crippen LogP contribution is 2.27. The number of H-pyrrole nitrogens is 1. The first kappa shape index (κ1) is 13.5. The fourth-order valence-corrected chi connectivity index (χ4v) is 2.97. The van der Waals surface area contributed by atoms with E-state index in [9.17, 15) is 0 Å². The molecule has 4 nitrogen and oxygen atoms in total. The second-order valence-electron chi connectivity index (χ2n) is 3.97. The molecule has 0 saturated carbocycles. The van der Waals surface area contributed by atoms with Gasteiger partial charge < -0.3 is 4.42 Å². The van der Waals surface area contributed by atoms with Crippen molar-refractivity contribution < 1.29 is 4.42 Å². The van der Waals surface area contributed by atoms with Crippen LogP contribution in [0.2, 0.25) is 10.0 Å². The van der Waals surface area contributed by atoms with Crippen molar-refractivity contribution >= 4 is 35.0 Å². The second kappa shape index (κ2) is 5.91. The van der Waals surface area contributed by atoms with E-state index in [0.29, 0.717) is 32.5 Å². The minimum Gasteiger partial charge on any atom is -0.461 e. The Kier molecular flexibility index (Phi) is 4.00. The van der Waals surface area contributed by atoms with E-state index in [1.807, 2.05) is 18.2 Å². The van der Waals surface area contributed by atoms with Gasteiger partial charge in [0.25, 0.3) is 0 Å². The van der Waals surface area contributed by atoms with Crippen LogP contribution in [0.3, 0.4) is 0 Å². The quantitative estimate of drug-likeness (QED) is 0.708. The Hall–Kier alpha value is -1.43. The van der Waals surface area contributed by atoms with Crippen LogP contribution in [0.25, 0.3) is 11.6 Å². The van der Waals surface area contributed by atoms with E-state index >= 15 is 0 Å². The summed E-state index contributed by atoms with van der Waals surface area (Å²) in [7, 11) is 0. The minimum atomic E-state index is 0.611. The van der Waals surface area contributed by atoms with Crippen molar-refractivity contribution in [3.05, 3.63) is 52.2 Å². The summed E-state index contributed by atoms with van der Waals surface area (Å²) in [6, 6.07) is 9.07. The molecule has 0 aliphatic rings. The predicted molar refractivity (Wildman–Crippen MR) is 80.1 cm³/mol. The first-order valence-electron chi connectivity index (χ1n) is 5.75. The molecule has 0 radical (unpaired) electrons. The minimum absolute atomic E-state index is 0.611. The number of rotatable bonds is 4. The Morgan fingerprint density at radius 1 is 1.25 bits per heavy atom. The van der Waals surface area contributed by atoms with Crippen LogP contribution < -0.4 is 0 Å². The fourth-order valence-electron chi connectivity index (χ4n) is 1.62. The van der Waals surface area contributed by atoms with E-state index in [1.165, 1.54) is 11.8 Å². The maximum absolute atomic E-state index is 6.12. The van der Waals surface area contributed by atoms with Gasteiger partial charge in [-0.1, -0.05) is 41.0 Å². The van der Waals surface area contributed by atoms with Crippen LogP contribution >= 0.6 is 35.0 Å². The molecule has 0 saturated heterocycles. The SMILES string of the molecule is Clc1ccc(CSc2n[nH]c(-c3ccco3)n2)c(Cl)c1. The topological polar surface area (TPSA) is 54.7 Å². The van der Waals surface area contributed by atoms with E-state index < -0.39 is 0 Å². The standard InChI is InChI=1S/C13H9Cl2N3OS/c14-9-4-3-8(10(15)6-9)7-20-13-16-12(17-18-13)11-2-1-5-19-11/h1-6H,7H2,(H,16,17,18). The highest BCUT2D eigenvalue weighted by Gasteiger charge is 2.09. The van der Waals surface area contributed by atoms with Crippen LogP contribution in [0.4, 0.5) is 0 Å². The average Bonchev–Trinajstić information content (AvgIpc) is 3.08. The normalized spacial score (nSPS) is 10.9. The van der Waals surface area contributed by atoms with Gasteiger partial charge >= 0.3 is 0 Å². The molecule has 2 aromatic heterocycles. The van der Waals surface area contributed by atoms with Crippen molar-refractivity contribution in [1.29, 1.82) is 0 Å². The van der Waals surface area contributed by atoms with E-state index in [0.717, 1.165) is 5.56 Å². The third-order valence-corrected chi connectivity index (χ3v) is 4.07. The molecule has 0 aliphatic carbocycles. The van der Waals surface area contributed by atoms with Gasteiger partial charge in [-0.05, 0) is 29.8 Å². The summed E-state index contributed by atoms with van der Waals surface area (Å²) in [5.41, 5.74) is 0.991. The fraction of sp³-hybridized carbons (Fsp3) is 0.0769. The van der Waals surface area contributed by atoms with E-state index in [2.05, 4.69) is 15.2 Å². The second-order valence-corrected chi connectivity index (χ2v) is 5.75. The average molecular weight is 326 g/mol. The molecular formula is C13H9Cl2N3OS. The van der Waals surface area contributed by atoms with Crippen molar-refractivity contribution in [2.45, 2.75) is 10.9 Å². The Bertz CT molecular complexity index is 712. The summed E-state index contributed by atoms with van der Waals surface area (Å²) in [5.74, 6) is 1.94. The largest absolute Gasteiger partial charge is 0.461 e. The van der Waals surface area contributed by atoms with Gasteiger partial charge in [-0.3, -0.25) is 5.10 Å². The number of aromatic nitrogens is 3. The first-order chi connectivity index (χ1) is 9.72. The van der Waals surface area contributed by atoms with Crippen LogP contribution in [0.15, 0.2) is 46.2 Å². The maximum atomic E-state index is 6.12. The summed E-state index contributed by atoms with van der Waals surface area (Å²) in [6.07, 6.45) is 1.60. The van der Waals surface area contributed by atoms with Gasteiger partial charge in [-0.2, -0.15) is 4.98 Å². The Morgan fingerprint density at radius 3 is 2.90 bits per heavy atom. The van der Waals surface area contributed by atoms with E-state index in [1.54, 1.807) is 18.4 Å². The van der Waals surface area contributed by atoms with Gasteiger partial charge in [0.15, 0.2) is 11.6 Å². The molecule has 20 heavy (non-hydrogen) atoms. The summed E-state index contributed by atoms with van der Waals surface area (Å²) < 4.78 is 5.25. The number of benzene rings is 1. The molecule has 0 atom stereocenters.